The van der Waals surface area contributed by atoms with Crippen molar-refractivity contribution < 1.29 is 0 Å². The van der Waals surface area contributed by atoms with E-state index in [1.807, 2.05) is 41.1 Å². The first-order chi connectivity index (χ1) is 6.92. The molecule has 2 aromatic rings. The van der Waals surface area contributed by atoms with Gasteiger partial charge < -0.3 is 4.57 Å². The molecule has 0 saturated heterocycles. The lowest BCUT2D eigenvalue weighted by Gasteiger charge is -2.02. The minimum Gasteiger partial charge on any atom is -0.319 e. The van der Waals surface area contributed by atoms with Crippen LogP contribution < -0.4 is 0 Å². The van der Waals surface area contributed by atoms with Crippen LogP contribution in [0.2, 0.25) is 0 Å². The summed E-state index contributed by atoms with van der Waals surface area (Å²) in [6, 6.07) is 10.0. The Morgan fingerprint density at radius 2 is 2.00 bits per heavy atom. The van der Waals surface area contributed by atoms with Crippen LogP contribution in [0.3, 0.4) is 0 Å². The molecule has 0 aliphatic carbocycles. The molecular weight excluding hydrogens is 208 g/mol. The van der Waals surface area contributed by atoms with Crippen LogP contribution in [0.5, 0.6) is 0 Å². The fourth-order valence-corrected chi connectivity index (χ4v) is 1.38. The van der Waals surface area contributed by atoms with Crippen LogP contribution >= 0.6 is 12.4 Å². The van der Waals surface area contributed by atoms with Gasteiger partial charge in [0.2, 0.25) is 0 Å². The summed E-state index contributed by atoms with van der Waals surface area (Å²) < 4.78 is 1.95. The zero-order chi connectivity index (χ0) is 9.80. The summed E-state index contributed by atoms with van der Waals surface area (Å²) in [4.78, 5) is 4.27. The lowest BCUT2D eigenvalue weighted by Crippen LogP contribution is -1.96. The monoisotopic (exact) mass is 218 g/mol. The lowest BCUT2D eigenvalue weighted by molar-refractivity contribution is 0.851. The molecule has 0 amide bonds. The highest BCUT2D eigenvalue weighted by molar-refractivity contribution is 5.85. The topological polar surface area (TPSA) is 17.8 Å². The maximum absolute atomic E-state index is 5.27. The predicted octanol–water partition coefficient (Wildman–Crippen LogP) is 2.61. The number of nitrogens with zero attached hydrogens (tertiary/aromatic N) is 2. The smallest absolute Gasteiger partial charge is 0.140 e. The molecule has 1 aromatic carbocycles. The Morgan fingerprint density at radius 3 is 2.67 bits per heavy atom. The lowest BCUT2D eigenvalue weighted by atomic mass is 10.2. The van der Waals surface area contributed by atoms with Gasteiger partial charge in [-0.3, -0.25) is 0 Å². The predicted molar refractivity (Wildman–Crippen MR) is 63.7 cm³/mol. The fraction of sp³-hybridized carbons (Fsp3) is 0.0833. The van der Waals surface area contributed by atoms with Crippen molar-refractivity contribution in [3.63, 3.8) is 0 Å². The van der Waals surface area contributed by atoms with E-state index in [9.17, 15) is 0 Å². The molecule has 2 nitrogen and oxygen atoms in total. The van der Waals surface area contributed by atoms with E-state index in [0.29, 0.717) is 6.54 Å². The second-order valence-corrected chi connectivity index (χ2v) is 2.95. The third kappa shape index (κ3) is 2.39. The molecule has 0 bridgehead atoms. The third-order valence-corrected chi connectivity index (χ3v) is 2.01. The minimum absolute atomic E-state index is 0. The number of terminal acetylenes is 1. The summed E-state index contributed by atoms with van der Waals surface area (Å²) in [6.07, 6.45) is 8.92. The highest BCUT2D eigenvalue weighted by Gasteiger charge is 2.02. The van der Waals surface area contributed by atoms with Crippen LogP contribution in [-0.2, 0) is 6.54 Å². The van der Waals surface area contributed by atoms with E-state index in [1.54, 1.807) is 6.20 Å². The van der Waals surface area contributed by atoms with Crippen molar-refractivity contribution in [2.75, 3.05) is 0 Å². The molecule has 1 aromatic heterocycles. The molecule has 0 N–H and O–H groups in total. The molecule has 0 spiro atoms. The van der Waals surface area contributed by atoms with Crippen molar-refractivity contribution in [3.05, 3.63) is 42.7 Å². The fourth-order valence-electron chi connectivity index (χ4n) is 1.38. The molecular formula is C12H11ClN2. The van der Waals surface area contributed by atoms with Crippen LogP contribution in [0, 0.1) is 12.3 Å². The zero-order valence-electron chi connectivity index (χ0n) is 8.13. The molecule has 0 radical (unpaired) electrons. The molecule has 0 unspecified atom stereocenters. The van der Waals surface area contributed by atoms with E-state index < -0.39 is 0 Å². The quantitative estimate of drug-likeness (QED) is 0.709. The van der Waals surface area contributed by atoms with Crippen molar-refractivity contribution >= 4 is 12.4 Å². The zero-order valence-corrected chi connectivity index (χ0v) is 8.95. The van der Waals surface area contributed by atoms with E-state index in [4.69, 9.17) is 6.42 Å². The number of imidazole rings is 1. The van der Waals surface area contributed by atoms with Gasteiger partial charge in [0.05, 0.1) is 6.54 Å². The van der Waals surface area contributed by atoms with Gasteiger partial charge in [0.1, 0.15) is 5.82 Å². The van der Waals surface area contributed by atoms with E-state index in [1.165, 1.54) is 0 Å². The second-order valence-electron chi connectivity index (χ2n) is 2.95. The summed E-state index contributed by atoms with van der Waals surface area (Å²) in [5.41, 5.74) is 1.09. The Balaban J connectivity index is 0.00000112. The van der Waals surface area contributed by atoms with Crippen molar-refractivity contribution in [1.82, 2.24) is 9.55 Å². The number of halogens is 1. The van der Waals surface area contributed by atoms with Crippen LogP contribution in [0.25, 0.3) is 11.4 Å². The Bertz CT molecular complexity index is 454. The molecule has 76 valence electrons. The third-order valence-electron chi connectivity index (χ3n) is 2.01. The van der Waals surface area contributed by atoms with Crippen molar-refractivity contribution in [3.8, 4) is 23.7 Å². The van der Waals surface area contributed by atoms with Crippen LogP contribution in [0.15, 0.2) is 42.7 Å². The summed E-state index contributed by atoms with van der Waals surface area (Å²) >= 11 is 0. The number of hydrogen-bond acceptors (Lipinski definition) is 1. The molecule has 0 fully saturated rings. The standard InChI is InChI=1S/C12H10N2.ClH/c1-2-9-14-10-8-13-12(14)11-6-4-3-5-7-11;/h1,3-8,10H,9H2;1H. The molecule has 0 saturated carbocycles. The number of aromatic nitrogens is 2. The van der Waals surface area contributed by atoms with Crippen LogP contribution in [0.4, 0.5) is 0 Å². The van der Waals surface area contributed by atoms with E-state index >= 15 is 0 Å². The average molecular weight is 219 g/mol. The number of benzene rings is 1. The van der Waals surface area contributed by atoms with Crippen molar-refractivity contribution in [1.29, 1.82) is 0 Å². The Labute approximate surface area is 95.4 Å². The largest absolute Gasteiger partial charge is 0.319 e. The minimum atomic E-state index is 0. The Morgan fingerprint density at radius 1 is 1.27 bits per heavy atom. The first-order valence-corrected chi connectivity index (χ1v) is 4.42. The van der Waals surface area contributed by atoms with Crippen LogP contribution in [-0.4, -0.2) is 9.55 Å². The van der Waals surface area contributed by atoms with Gasteiger partial charge in [-0.15, -0.1) is 18.8 Å². The highest BCUT2D eigenvalue weighted by Crippen LogP contribution is 2.15. The maximum Gasteiger partial charge on any atom is 0.140 e. The molecule has 15 heavy (non-hydrogen) atoms. The van der Waals surface area contributed by atoms with Gasteiger partial charge >= 0.3 is 0 Å². The molecule has 3 heteroatoms. The number of hydrogen-bond donors (Lipinski definition) is 0. The van der Waals surface area contributed by atoms with Crippen LogP contribution in [0.1, 0.15) is 0 Å². The van der Waals surface area contributed by atoms with E-state index in [0.717, 1.165) is 11.4 Å². The van der Waals surface area contributed by atoms with Crippen molar-refractivity contribution in [2.24, 2.45) is 0 Å². The number of rotatable bonds is 2. The van der Waals surface area contributed by atoms with Crippen molar-refractivity contribution in [2.45, 2.75) is 6.54 Å². The molecule has 0 atom stereocenters. The highest BCUT2D eigenvalue weighted by atomic mass is 35.5. The average Bonchev–Trinajstić information content (AvgIpc) is 2.68. The van der Waals surface area contributed by atoms with E-state index in [-0.39, 0.29) is 12.4 Å². The maximum atomic E-state index is 5.27. The summed E-state index contributed by atoms with van der Waals surface area (Å²) in [5.74, 6) is 3.52. The van der Waals surface area contributed by atoms with Gasteiger partial charge in [-0.25, -0.2) is 4.98 Å². The summed E-state index contributed by atoms with van der Waals surface area (Å²) in [6.45, 7) is 0.560. The molecule has 0 aliphatic rings. The first kappa shape index (κ1) is 11.4. The van der Waals surface area contributed by atoms with Gasteiger partial charge in [0.15, 0.2) is 0 Å². The summed E-state index contributed by atoms with van der Waals surface area (Å²) in [5, 5.41) is 0. The SMILES string of the molecule is C#CCn1ccnc1-c1ccccc1.Cl. The molecule has 0 aliphatic heterocycles. The van der Waals surface area contributed by atoms with Gasteiger partial charge in [-0.1, -0.05) is 36.3 Å². The van der Waals surface area contributed by atoms with Gasteiger partial charge in [-0.05, 0) is 0 Å². The normalized spacial score (nSPS) is 9.00. The van der Waals surface area contributed by atoms with Gasteiger partial charge in [0, 0.05) is 18.0 Å². The van der Waals surface area contributed by atoms with Gasteiger partial charge in [-0.2, -0.15) is 0 Å². The Kier molecular flexibility index (Phi) is 3.96. The molecule has 1 heterocycles. The summed E-state index contributed by atoms with van der Waals surface area (Å²) in [7, 11) is 0. The Hall–Kier alpha value is -1.72. The van der Waals surface area contributed by atoms with E-state index in [2.05, 4.69) is 10.9 Å². The first-order valence-electron chi connectivity index (χ1n) is 4.42. The second kappa shape index (κ2) is 5.23. The molecule has 2 rings (SSSR count). The van der Waals surface area contributed by atoms with Gasteiger partial charge in [0.25, 0.3) is 0 Å².